The summed E-state index contributed by atoms with van der Waals surface area (Å²) in [5, 5.41) is 0. The molecule has 1 fully saturated rings. The van der Waals surface area contributed by atoms with Crippen LogP contribution < -0.4 is 9.64 Å². The first-order valence-corrected chi connectivity index (χ1v) is 13.1. The zero-order valence-corrected chi connectivity index (χ0v) is 20.0. The Labute approximate surface area is 205 Å². The third kappa shape index (κ3) is 4.59. The van der Waals surface area contributed by atoms with Gasteiger partial charge in [-0.3, -0.25) is 9.59 Å². The van der Waals surface area contributed by atoms with Crippen molar-refractivity contribution in [3.05, 3.63) is 90.0 Å². The standard InChI is InChI=1S/C27H26N2O5S/c30-26-24-18-23(13-14-25(24)28(27(26)31)17-15-20-8-3-1-4-9-20)35(32,33)29-16-7-10-21(29)19-34-22-11-5-2-6-12-22/h1-6,8-9,11-14,18,21H,7,10,15-17,19H2. The van der Waals surface area contributed by atoms with Gasteiger partial charge in [0.1, 0.15) is 12.4 Å². The first-order valence-electron chi connectivity index (χ1n) is 11.7. The summed E-state index contributed by atoms with van der Waals surface area (Å²) >= 11 is 0. The Morgan fingerprint density at radius 3 is 2.37 bits per heavy atom. The van der Waals surface area contributed by atoms with E-state index >= 15 is 0 Å². The van der Waals surface area contributed by atoms with E-state index < -0.39 is 21.7 Å². The van der Waals surface area contributed by atoms with E-state index in [0.717, 1.165) is 12.0 Å². The van der Waals surface area contributed by atoms with Crippen molar-refractivity contribution in [3.63, 3.8) is 0 Å². The molecule has 2 aliphatic rings. The van der Waals surface area contributed by atoms with Crippen LogP contribution in [-0.2, 0) is 21.2 Å². The highest BCUT2D eigenvalue weighted by molar-refractivity contribution is 7.89. The number of carbonyl (C=O) groups is 2. The molecule has 2 heterocycles. The zero-order chi connectivity index (χ0) is 24.4. The van der Waals surface area contributed by atoms with E-state index in [0.29, 0.717) is 37.4 Å². The molecule has 1 unspecified atom stereocenters. The maximum atomic E-state index is 13.5. The second-order valence-electron chi connectivity index (χ2n) is 8.74. The van der Waals surface area contributed by atoms with Gasteiger partial charge in [-0.15, -0.1) is 0 Å². The summed E-state index contributed by atoms with van der Waals surface area (Å²) in [5.74, 6) is -0.606. The molecule has 1 amide bonds. The van der Waals surface area contributed by atoms with Crippen molar-refractivity contribution in [1.82, 2.24) is 4.31 Å². The summed E-state index contributed by atoms with van der Waals surface area (Å²) in [7, 11) is -3.86. The smallest absolute Gasteiger partial charge is 0.299 e. The minimum Gasteiger partial charge on any atom is -0.492 e. The predicted molar refractivity (Wildman–Crippen MR) is 132 cm³/mol. The number of carbonyl (C=O) groups excluding carboxylic acids is 2. The van der Waals surface area contributed by atoms with Crippen LogP contribution in [0.3, 0.4) is 0 Å². The van der Waals surface area contributed by atoms with Crippen LogP contribution in [-0.4, -0.2) is 50.2 Å². The van der Waals surface area contributed by atoms with Crippen molar-refractivity contribution in [1.29, 1.82) is 0 Å². The topological polar surface area (TPSA) is 84.0 Å². The molecule has 0 N–H and O–H groups in total. The fourth-order valence-corrected chi connectivity index (χ4v) is 6.39. The molecule has 1 saturated heterocycles. The molecule has 0 aromatic heterocycles. The quantitative estimate of drug-likeness (QED) is 0.450. The lowest BCUT2D eigenvalue weighted by Gasteiger charge is -2.24. The molecule has 0 bridgehead atoms. The molecule has 0 spiro atoms. The summed E-state index contributed by atoms with van der Waals surface area (Å²) in [4.78, 5) is 26.9. The average molecular weight is 491 g/mol. The van der Waals surface area contributed by atoms with Crippen LogP contribution in [0.15, 0.2) is 83.8 Å². The second-order valence-corrected chi connectivity index (χ2v) is 10.6. The third-order valence-corrected chi connectivity index (χ3v) is 8.47. The molecular formula is C27H26N2O5S. The molecule has 0 saturated carbocycles. The van der Waals surface area contributed by atoms with Crippen LogP contribution in [0.25, 0.3) is 0 Å². The first-order chi connectivity index (χ1) is 16.9. The van der Waals surface area contributed by atoms with Gasteiger partial charge < -0.3 is 9.64 Å². The number of nitrogens with zero attached hydrogens (tertiary/aromatic N) is 2. The lowest BCUT2D eigenvalue weighted by molar-refractivity contribution is -0.114. The molecule has 35 heavy (non-hydrogen) atoms. The maximum Gasteiger partial charge on any atom is 0.299 e. The van der Waals surface area contributed by atoms with Crippen molar-refractivity contribution < 1.29 is 22.7 Å². The number of benzene rings is 3. The number of fused-ring (bicyclic) bond motifs is 1. The van der Waals surface area contributed by atoms with Gasteiger partial charge in [0, 0.05) is 13.1 Å². The largest absolute Gasteiger partial charge is 0.492 e. The van der Waals surface area contributed by atoms with Gasteiger partial charge in [0.05, 0.1) is 22.2 Å². The minimum atomic E-state index is -3.86. The number of ketones is 1. The van der Waals surface area contributed by atoms with E-state index in [1.54, 1.807) is 6.07 Å². The highest BCUT2D eigenvalue weighted by atomic mass is 32.2. The molecule has 8 heteroatoms. The van der Waals surface area contributed by atoms with Crippen molar-refractivity contribution >= 4 is 27.4 Å². The molecule has 0 aliphatic carbocycles. The van der Waals surface area contributed by atoms with Crippen LogP contribution >= 0.6 is 0 Å². The Morgan fingerprint density at radius 2 is 1.63 bits per heavy atom. The Hall–Kier alpha value is -3.49. The summed E-state index contributed by atoms with van der Waals surface area (Å²) < 4.78 is 34.3. The Morgan fingerprint density at radius 1 is 0.914 bits per heavy atom. The average Bonchev–Trinajstić information content (AvgIpc) is 3.46. The molecule has 180 valence electrons. The Balaban J connectivity index is 1.34. The second kappa shape index (κ2) is 9.64. The van der Waals surface area contributed by atoms with E-state index in [1.165, 1.54) is 21.3 Å². The van der Waals surface area contributed by atoms with Crippen molar-refractivity contribution in [3.8, 4) is 5.75 Å². The van der Waals surface area contributed by atoms with Crippen LogP contribution in [0.1, 0.15) is 28.8 Å². The minimum absolute atomic E-state index is 0.0221. The van der Waals surface area contributed by atoms with Gasteiger partial charge >= 0.3 is 0 Å². The number of hydrogen-bond acceptors (Lipinski definition) is 5. The Bertz CT molecular complexity index is 1340. The van der Waals surface area contributed by atoms with Crippen molar-refractivity contribution in [2.45, 2.75) is 30.2 Å². The highest BCUT2D eigenvalue weighted by Crippen LogP contribution is 2.34. The lowest BCUT2D eigenvalue weighted by atomic mass is 10.1. The molecule has 3 aromatic rings. The number of para-hydroxylation sites is 1. The lowest BCUT2D eigenvalue weighted by Crippen LogP contribution is -2.39. The number of anilines is 1. The SMILES string of the molecule is O=C1C(=O)N(CCc2ccccc2)c2ccc(S(=O)(=O)N3CCCC3COc3ccccc3)cc21. The maximum absolute atomic E-state index is 13.5. The van der Waals surface area contributed by atoms with E-state index in [4.69, 9.17) is 4.74 Å². The number of amides is 1. The van der Waals surface area contributed by atoms with Crippen molar-refractivity contribution in [2.75, 3.05) is 24.6 Å². The fraction of sp³-hybridized carbons (Fsp3) is 0.259. The van der Waals surface area contributed by atoms with Crippen LogP contribution in [0.5, 0.6) is 5.75 Å². The summed E-state index contributed by atoms with van der Waals surface area (Å²) in [6, 6.07) is 23.1. The van der Waals surface area contributed by atoms with E-state index in [1.807, 2.05) is 60.7 Å². The Kier molecular flexibility index (Phi) is 6.40. The van der Waals surface area contributed by atoms with Gasteiger partial charge in [0.25, 0.3) is 11.7 Å². The first kappa shape index (κ1) is 23.3. The predicted octanol–water partition coefficient (Wildman–Crippen LogP) is 3.69. The number of rotatable bonds is 8. The number of ether oxygens (including phenoxy) is 1. The number of Topliss-reactive ketones (excluding diaryl/α,β-unsaturated/α-hetero) is 1. The molecule has 5 rings (SSSR count). The van der Waals surface area contributed by atoms with Crippen LogP contribution in [0.4, 0.5) is 5.69 Å². The van der Waals surface area contributed by atoms with Gasteiger partial charge in [-0.25, -0.2) is 8.42 Å². The highest BCUT2D eigenvalue weighted by Gasteiger charge is 2.39. The summed E-state index contributed by atoms with van der Waals surface area (Å²) in [6.07, 6.45) is 2.02. The van der Waals surface area contributed by atoms with Crippen LogP contribution in [0, 0.1) is 0 Å². The van der Waals surface area contributed by atoms with Crippen molar-refractivity contribution in [2.24, 2.45) is 0 Å². The number of hydrogen-bond donors (Lipinski definition) is 0. The molecule has 2 aliphatic heterocycles. The van der Waals surface area contributed by atoms with E-state index in [9.17, 15) is 18.0 Å². The fourth-order valence-electron chi connectivity index (χ4n) is 4.68. The van der Waals surface area contributed by atoms with E-state index in [2.05, 4.69) is 0 Å². The molecule has 0 radical (unpaired) electrons. The van der Waals surface area contributed by atoms with Gasteiger partial charge in [-0.05, 0) is 55.2 Å². The number of sulfonamides is 1. The van der Waals surface area contributed by atoms with Gasteiger partial charge in [-0.2, -0.15) is 4.31 Å². The normalized spacial score (nSPS) is 18.2. The van der Waals surface area contributed by atoms with E-state index in [-0.39, 0.29) is 23.1 Å². The van der Waals surface area contributed by atoms with Gasteiger partial charge in [-0.1, -0.05) is 48.5 Å². The van der Waals surface area contributed by atoms with Gasteiger partial charge in [0.15, 0.2) is 0 Å². The molecule has 3 aromatic carbocycles. The summed E-state index contributed by atoms with van der Waals surface area (Å²) in [5.41, 5.74) is 1.65. The molecule has 7 nitrogen and oxygen atoms in total. The van der Waals surface area contributed by atoms with Gasteiger partial charge in [0.2, 0.25) is 10.0 Å². The molecular weight excluding hydrogens is 464 g/mol. The van der Waals surface area contributed by atoms with Crippen LogP contribution in [0.2, 0.25) is 0 Å². The summed E-state index contributed by atoms with van der Waals surface area (Å²) in [6.45, 7) is 0.982. The molecule has 1 atom stereocenters. The zero-order valence-electron chi connectivity index (χ0n) is 19.2. The third-order valence-electron chi connectivity index (χ3n) is 6.53. The monoisotopic (exact) mass is 490 g/mol.